The molecule has 0 bridgehead atoms. The van der Waals surface area contributed by atoms with Crippen LogP contribution in [-0.2, 0) is 21.4 Å². The molecule has 1 aromatic heterocycles. The Labute approximate surface area is 184 Å². The van der Waals surface area contributed by atoms with Crippen molar-refractivity contribution in [1.29, 1.82) is 0 Å². The second-order valence-electron chi connectivity index (χ2n) is 7.83. The van der Waals surface area contributed by atoms with Gasteiger partial charge in [0.2, 0.25) is 15.9 Å². The Hall–Kier alpha value is -3.24. The van der Waals surface area contributed by atoms with E-state index >= 15 is 0 Å². The number of hydrogen-bond donors (Lipinski definition) is 1. The molecule has 0 atom stereocenters. The van der Waals surface area contributed by atoms with E-state index in [1.54, 1.807) is 48.5 Å². The van der Waals surface area contributed by atoms with Crippen LogP contribution in [0.4, 0.5) is 0 Å². The van der Waals surface area contributed by atoms with E-state index in [1.165, 1.54) is 9.21 Å². The van der Waals surface area contributed by atoms with Crippen molar-refractivity contribution in [3.8, 4) is 0 Å². The van der Waals surface area contributed by atoms with Crippen molar-refractivity contribution >= 4 is 26.7 Å². The first-order valence-electron chi connectivity index (χ1n) is 10.3. The standard InChI is InChI=1S/C22H24N4O5S/c1-16-7-9-17(10-8-16)32(30,31)25-12-4-11-24(13-14-25)20(27)15-26-22(29)19-6-3-2-5-18(19)21(28)23-26/h2-3,5-10H,4,11-15H2,1H3,(H,23,28). The van der Waals surface area contributed by atoms with Gasteiger partial charge < -0.3 is 4.90 Å². The van der Waals surface area contributed by atoms with Gasteiger partial charge in [-0.2, -0.15) is 4.31 Å². The molecular weight excluding hydrogens is 432 g/mol. The zero-order valence-corrected chi connectivity index (χ0v) is 18.5. The first-order valence-corrected chi connectivity index (χ1v) is 11.8. The second kappa shape index (κ2) is 8.71. The fourth-order valence-corrected chi connectivity index (χ4v) is 5.31. The topological polar surface area (TPSA) is 113 Å². The van der Waals surface area contributed by atoms with Gasteiger partial charge in [0.05, 0.1) is 15.7 Å². The minimum absolute atomic E-state index is 0.158. The number of carbonyl (C=O) groups is 1. The van der Waals surface area contributed by atoms with Gasteiger partial charge in [-0.05, 0) is 37.6 Å². The molecule has 0 unspecified atom stereocenters. The van der Waals surface area contributed by atoms with Crippen molar-refractivity contribution in [3.05, 3.63) is 74.8 Å². The number of nitrogens with one attached hydrogen (secondary N) is 1. The average Bonchev–Trinajstić information content (AvgIpc) is 3.05. The van der Waals surface area contributed by atoms with Gasteiger partial charge in [-0.3, -0.25) is 19.5 Å². The van der Waals surface area contributed by atoms with Crippen LogP contribution >= 0.6 is 0 Å². The van der Waals surface area contributed by atoms with Crippen LogP contribution in [0.1, 0.15) is 12.0 Å². The Morgan fingerprint density at radius 2 is 1.62 bits per heavy atom. The van der Waals surface area contributed by atoms with E-state index in [-0.39, 0.29) is 41.2 Å². The summed E-state index contributed by atoms with van der Waals surface area (Å²) >= 11 is 0. The maximum absolute atomic E-state index is 13.0. The lowest BCUT2D eigenvalue weighted by molar-refractivity contribution is -0.131. The van der Waals surface area contributed by atoms with Crippen molar-refractivity contribution in [3.63, 3.8) is 0 Å². The Morgan fingerprint density at radius 1 is 0.938 bits per heavy atom. The van der Waals surface area contributed by atoms with Crippen LogP contribution in [0.2, 0.25) is 0 Å². The minimum Gasteiger partial charge on any atom is -0.340 e. The summed E-state index contributed by atoms with van der Waals surface area (Å²) in [4.78, 5) is 39.5. The van der Waals surface area contributed by atoms with E-state index in [1.807, 2.05) is 6.92 Å². The van der Waals surface area contributed by atoms with Gasteiger partial charge in [0.15, 0.2) is 0 Å². The highest BCUT2D eigenvalue weighted by Crippen LogP contribution is 2.18. The molecule has 1 aliphatic heterocycles. The first kappa shape index (κ1) is 22.0. The van der Waals surface area contributed by atoms with E-state index in [0.29, 0.717) is 19.5 Å². The molecule has 1 saturated heterocycles. The van der Waals surface area contributed by atoms with Crippen LogP contribution in [0, 0.1) is 6.92 Å². The predicted octanol–water partition coefficient (Wildman–Crippen LogP) is 0.921. The number of aromatic amines is 1. The molecule has 9 nitrogen and oxygen atoms in total. The Bertz CT molecular complexity index is 1380. The first-order chi connectivity index (χ1) is 15.3. The smallest absolute Gasteiger partial charge is 0.273 e. The average molecular weight is 457 g/mol. The van der Waals surface area contributed by atoms with Crippen LogP contribution in [0.5, 0.6) is 0 Å². The zero-order chi connectivity index (χ0) is 22.9. The number of hydrogen-bond acceptors (Lipinski definition) is 5. The summed E-state index contributed by atoms with van der Waals surface area (Å²) in [5.41, 5.74) is 0.0738. The number of nitrogens with zero attached hydrogens (tertiary/aromatic N) is 3. The number of aryl methyl sites for hydroxylation is 1. The fraction of sp³-hybridized carbons (Fsp3) is 0.318. The molecule has 1 amide bonds. The van der Waals surface area contributed by atoms with Crippen LogP contribution in [0.3, 0.4) is 0 Å². The minimum atomic E-state index is -3.65. The molecule has 32 heavy (non-hydrogen) atoms. The van der Waals surface area contributed by atoms with Crippen molar-refractivity contribution in [2.75, 3.05) is 26.2 Å². The summed E-state index contributed by atoms with van der Waals surface area (Å²) in [6, 6.07) is 13.1. The third kappa shape index (κ3) is 4.23. The monoisotopic (exact) mass is 456 g/mol. The predicted molar refractivity (Wildman–Crippen MR) is 120 cm³/mol. The summed E-state index contributed by atoms with van der Waals surface area (Å²) in [6.07, 6.45) is 0.472. The number of aromatic nitrogens is 2. The van der Waals surface area contributed by atoms with E-state index in [2.05, 4.69) is 5.10 Å². The zero-order valence-electron chi connectivity index (χ0n) is 17.7. The SMILES string of the molecule is Cc1ccc(S(=O)(=O)N2CCCN(C(=O)Cn3[nH]c(=O)c4ccccc4c3=O)CC2)cc1. The molecule has 3 aromatic rings. The van der Waals surface area contributed by atoms with E-state index in [0.717, 1.165) is 10.2 Å². The molecule has 0 spiro atoms. The lowest BCUT2D eigenvalue weighted by Crippen LogP contribution is -2.41. The summed E-state index contributed by atoms with van der Waals surface area (Å²) in [6.45, 7) is 2.60. The van der Waals surface area contributed by atoms with Gasteiger partial charge in [0.1, 0.15) is 6.54 Å². The third-order valence-electron chi connectivity index (χ3n) is 5.64. The summed E-state index contributed by atoms with van der Waals surface area (Å²) in [5, 5.41) is 2.97. The van der Waals surface area contributed by atoms with E-state index in [4.69, 9.17) is 0 Å². The lowest BCUT2D eigenvalue weighted by atomic mass is 10.2. The lowest BCUT2D eigenvalue weighted by Gasteiger charge is -2.22. The maximum atomic E-state index is 13.0. The number of carbonyl (C=O) groups excluding carboxylic acids is 1. The Kier molecular flexibility index (Phi) is 5.98. The van der Waals surface area contributed by atoms with Gasteiger partial charge in [0, 0.05) is 26.2 Å². The van der Waals surface area contributed by atoms with Crippen LogP contribution < -0.4 is 11.1 Å². The quantitative estimate of drug-likeness (QED) is 0.627. The molecule has 168 valence electrons. The number of rotatable bonds is 4. The van der Waals surface area contributed by atoms with Crippen LogP contribution in [-0.4, -0.2) is 59.5 Å². The highest BCUT2D eigenvalue weighted by atomic mass is 32.2. The summed E-state index contributed by atoms with van der Waals surface area (Å²) in [5.74, 6) is -0.354. The largest absolute Gasteiger partial charge is 0.340 e. The number of sulfonamides is 1. The molecule has 2 heterocycles. The van der Waals surface area contributed by atoms with Crippen molar-refractivity contribution < 1.29 is 13.2 Å². The maximum Gasteiger partial charge on any atom is 0.273 e. The van der Waals surface area contributed by atoms with Gasteiger partial charge in [-0.1, -0.05) is 29.8 Å². The van der Waals surface area contributed by atoms with Crippen LogP contribution in [0.15, 0.2) is 63.0 Å². The van der Waals surface area contributed by atoms with Crippen molar-refractivity contribution in [1.82, 2.24) is 19.0 Å². The van der Waals surface area contributed by atoms with Gasteiger partial charge >= 0.3 is 0 Å². The molecule has 0 radical (unpaired) electrons. The van der Waals surface area contributed by atoms with Crippen LogP contribution in [0.25, 0.3) is 10.8 Å². The normalized spacial score (nSPS) is 15.6. The molecule has 0 saturated carbocycles. The Balaban J connectivity index is 1.49. The number of benzene rings is 2. The number of fused-ring (bicyclic) bond motifs is 1. The van der Waals surface area contributed by atoms with Gasteiger partial charge in [-0.15, -0.1) is 0 Å². The summed E-state index contributed by atoms with van der Waals surface area (Å²) in [7, 11) is -3.65. The molecular formula is C22H24N4O5S. The van der Waals surface area contributed by atoms with Gasteiger partial charge in [-0.25, -0.2) is 13.1 Å². The Morgan fingerprint density at radius 3 is 2.34 bits per heavy atom. The molecule has 1 fully saturated rings. The highest BCUT2D eigenvalue weighted by molar-refractivity contribution is 7.89. The number of H-pyrrole nitrogens is 1. The molecule has 10 heteroatoms. The molecule has 2 aromatic carbocycles. The third-order valence-corrected chi connectivity index (χ3v) is 7.56. The van der Waals surface area contributed by atoms with Crippen molar-refractivity contribution in [2.24, 2.45) is 0 Å². The van der Waals surface area contributed by atoms with Gasteiger partial charge in [0.25, 0.3) is 11.1 Å². The second-order valence-corrected chi connectivity index (χ2v) is 9.77. The molecule has 4 rings (SSSR count). The molecule has 0 aliphatic carbocycles. The number of amides is 1. The molecule has 1 aliphatic rings. The van der Waals surface area contributed by atoms with E-state index < -0.39 is 21.1 Å². The van der Waals surface area contributed by atoms with E-state index in [9.17, 15) is 22.8 Å². The fourth-order valence-electron chi connectivity index (χ4n) is 3.84. The summed E-state index contributed by atoms with van der Waals surface area (Å²) < 4.78 is 28.3. The highest BCUT2D eigenvalue weighted by Gasteiger charge is 2.28. The molecule has 1 N–H and O–H groups in total. The van der Waals surface area contributed by atoms with Crippen molar-refractivity contribution in [2.45, 2.75) is 24.8 Å².